The lowest BCUT2D eigenvalue weighted by atomic mass is 9.57. The molecule has 4 rings (SSSR count). The van der Waals surface area contributed by atoms with Gasteiger partial charge < -0.3 is 24.4 Å². The molecule has 0 aromatic heterocycles. The predicted molar refractivity (Wildman–Crippen MR) is 130 cm³/mol. The Morgan fingerprint density at radius 1 is 1.23 bits per heavy atom. The van der Waals surface area contributed by atoms with Crippen LogP contribution in [0.4, 0.5) is 0 Å². The standard InChI is InChI=1S/C28H44O7/c1-6-7-8-9-10-11-22(30)34-21-13-12-16(2)14-19-24-23-18(15-20(29)27(24,4)32)17(3)26(31)35-28(21,5)25(23)33-19/h12,17-21,23-25,29,32H,6-11,13-15H2,1-5H3. The highest BCUT2D eigenvalue weighted by Gasteiger charge is 2.69. The van der Waals surface area contributed by atoms with Crippen LogP contribution in [0.1, 0.15) is 92.4 Å². The molecule has 7 heteroatoms. The van der Waals surface area contributed by atoms with E-state index in [1.165, 1.54) is 0 Å². The molecule has 7 nitrogen and oxygen atoms in total. The molecular formula is C28H44O7. The topological polar surface area (TPSA) is 102 Å². The van der Waals surface area contributed by atoms with Crippen LogP contribution in [0.5, 0.6) is 0 Å². The van der Waals surface area contributed by atoms with Crippen molar-refractivity contribution in [2.45, 2.75) is 128 Å². The number of carbonyl (C=O) groups is 2. The van der Waals surface area contributed by atoms with E-state index in [1.54, 1.807) is 6.92 Å². The first-order chi connectivity index (χ1) is 16.5. The van der Waals surface area contributed by atoms with Gasteiger partial charge in [-0.3, -0.25) is 9.59 Å². The summed E-state index contributed by atoms with van der Waals surface area (Å²) in [6.07, 6.45) is 6.46. The van der Waals surface area contributed by atoms with Gasteiger partial charge >= 0.3 is 11.9 Å². The molecule has 10 unspecified atom stereocenters. The molecule has 0 radical (unpaired) electrons. The van der Waals surface area contributed by atoms with Crippen LogP contribution in [0.25, 0.3) is 0 Å². The molecule has 4 aliphatic rings. The summed E-state index contributed by atoms with van der Waals surface area (Å²) in [5.74, 6) is -1.82. The second-order valence-electron chi connectivity index (χ2n) is 11.9. The van der Waals surface area contributed by atoms with E-state index >= 15 is 0 Å². The smallest absolute Gasteiger partial charge is 0.309 e. The third kappa shape index (κ3) is 4.80. The number of aliphatic hydroxyl groups is 2. The minimum absolute atomic E-state index is 0.182. The average molecular weight is 493 g/mol. The molecule has 10 atom stereocenters. The van der Waals surface area contributed by atoms with Gasteiger partial charge in [-0.05, 0) is 46.0 Å². The molecule has 198 valence electrons. The first kappa shape index (κ1) is 26.6. The number of hydrogen-bond donors (Lipinski definition) is 2. The minimum Gasteiger partial charge on any atom is -0.458 e. The summed E-state index contributed by atoms with van der Waals surface area (Å²) < 4.78 is 18.9. The number of unbranched alkanes of at least 4 members (excludes halogenated alkanes) is 4. The van der Waals surface area contributed by atoms with Crippen LogP contribution in [0.15, 0.2) is 11.6 Å². The fourth-order valence-corrected chi connectivity index (χ4v) is 7.15. The van der Waals surface area contributed by atoms with E-state index in [4.69, 9.17) is 14.2 Å². The Kier molecular flexibility index (Phi) is 7.71. The van der Waals surface area contributed by atoms with E-state index in [9.17, 15) is 19.8 Å². The lowest BCUT2D eigenvalue weighted by molar-refractivity contribution is -0.207. The van der Waals surface area contributed by atoms with Crippen molar-refractivity contribution in [1.29, 1.82) is 0 Å². The van der Waals surface area contributed by atoms with Gasteiger partial charge in [0, 0.05) is 24.7 Å². The first-order valence-corrected chi connectivity index (χ1v) is 13.6. The van der Waals surface area contributed by atoms with Crippen molar-refractivity contribution < 1.29 is 34.0 Å². The monoisotopic (exact) mass is 492 g/mol. The molecular weight excluding hydrogens is 448 g/mol. The summed E-state index contributed by atoms with van der Waals surface area (Å²) >= 11 is 0. The lowest BCUT2D eigenvalue weighted by Gasteiger charge is -2.49. The van der Waals surface area contributed by atoms with Gasteiger partial charge in [0.2, 0.25) is 0 Å². The highest BCUT2D eigenvalue weighted by atomic mass is 16.6. The van der Waals surface area contributed by atoms with Crippen molar-refractivity contribution in [3.05, 3.63) is 11.6 Å². The van der Waals surface area contributed by atoms with Crippen molar-refractivity contribution in [3.8, 4) is 0 Å². The Bertz CT molecular complexity index is 835. The van der Waals surface area contributed by atoms with Gasteiger partial charge in [0.1, 0.15) is 12.2 Å². The van der Waals surface area contributed by atoms with Crippen LogP contribution < -0.4 is 0 Å². The molecule has 0 aromatic rings. The molecule has 0 spiro atoms. The fraction of sp³-hybridized carbons (Fsp3) is 0.857. The van der Waals surface area contributed by atoms with Crippen molar-refractivity contribution >= 4 is 11.9 Å². The van der Waals surface area contributed by atoms with Gasteiger partial charge in [0.15, 0.2) is 5.60 Å². The van der Waals surface area contributed by atoms with Crippen molar-refractivity contribution in [1.82, 2.24) is 0 Å². The number of rotatable bonds is 7. The number of hydrogen-bond acceptors (Lipinski definition) is 7. The van der Waals surface area contributed by atoms with Gasteiger partial charge in [-0.15, -0.1) is 0 Å². The highest BCUT2D eigenvalue weighted by molar-refractivity contribution is 5.74. The van der Waals surface area contributed by atoms with Crippen molar-refractivity contribution in [2.75, 3.05) is 0 Å². The summed E-state index contributed by atoms with van der Waals surface area (Å²) in [6.45, 7) is 9.53. The summed E-state index contributed by atoms with van der Waals surface area (Å²) in [5.41, 5.74) is -1.46. The van der Waals surface area contributed by atoms with Crippen molar-refractivity contribution in [2.24, 2.45) is 23.7 Å². The van der Waals surface area contributed by atoms with Crippen molar-refractivity contribution in [3.63, 3.8) is 0 Å². The van der Waals surface area contributed by atoms with Crippen LogP contribution in [0.2, 0.25) is 0 Å². The number of ether oxygens (including phenoxy) is 3. The Morgan fingerprint density at radius 3 is 2.66 bits per heavy atom. The largest absolute Gasteiger partial charge is 0.458 e. The normalized spacial score (nSPS) is 44.9. The summed E-state index contributed by atoms with van der Waals surface area (Å²) in [5, 5.41) is 22.4. The number of esters is 2. The second-order valence-corrected chi connectivity index (χ2v) is 11.9. The quantitative estimate of drug-likeness (QED) is 0.314. The van der Waals surface area contributed by atoms with Crippen LogP contribution >= 0.6 is 0 Å². The Hall–Kier alpha value is -1.44. The SMILES string of the molecule is CCCCCCCC(=O)OC1CC=C(C)CC2OC3C4C(CC(O)C(C)(O)C24)C(C)C(=O)OC13C. The Labute approximate surface area is 209 Å². The molecule has 2 saturated heterocycles. The van der Waals surface area contributed by atoms with E-state index < -0.39 is 35.4 Å². The molecule has 1 aliphatic carbocycles. The average Bonchev–Trinajstić information content (AvgIpc) is 3.17. The number of carbonyl (C=O) groups excluding carboxylic acids is 2. The maximum atomic E-state index is 13.3. The van der Waals surface area contributed by atoms with Gasteiger partial charge in [-0.2, -0.15) is 0 Å². The predicted octanol–water partition coefficient (Wildman–Crippen LogP) is 4.08. The maximum absolute atomic E-state index is 13.3. The zero-order chi connectivity index (χ0) is 25.5. The van der Waals surface area contributed by atoms with Gasteiger partial charge in [0.05, 0.1) is 23.7 Å². The van der Waals surface area contributed by atoms with Crippen LogP contribution in [0, 0.1) is 23.7 Å². The zero-order valence-corrected chi connectivity index (χ0v) is 22.0. The highest BCUT2D eigenvalue weighted by Crippen LogP contribution is 2.58. The second kappa shape index (κ2) is 10.1. The zero-order valence-electron chi connectivity index (χ0n) is 22.0. The van der Waals surface area contributed by atoms with Crippen LogP contribution in [-0.4, -0.2) is 57.8 Å². The number of aliphatic hydroxyl groups excluding tert-OH is 1. The maximum Gasteiger partial charge on any atom is 0.309 e. The first-order valence-electron chi connectivity index (χ1n) is 13.6. The molecule has 2 N–H and O–H groups in total. The van der Waals surface area contributed by atoms with E-state index in [-0.39, 0.29) is 35.8 Å². The molecule has 0 amide bonds. The third-order valence-electron chi connectivity index (χ3n) is 9.33. The van der Waals surface area contributed by atoms with E-state index in [2.05, 4.69) is 6.92 Å². The lowest BCUT2D eigenvalue weighted by Crippen LogP contribution is -2.61. The minimum atomic E-state index is -1.35. The van der Waals surface area contributed by atoms with E-state index in [1.807, 2.05) is 26.8 Å². The van der Waals surface area contributed by atoms with Gasteiger partial charge in [-0.25, -0.2) is 0 Å². The summed E-state index contributed by atoms with van der Waals surface area (Å²) in [4.78, 5) is 26.2. The molecule has 3 fully saturated rings. The third-order valence-corrected chi connectivity index (χ3v) is 9.33. The molecule has 35 heavy (non-hydrogen) atoms. The molecule has 3 aliphatic heterocycles. The van der Waals surface area contributed by atoms with E-state index in [0.29, 0.717) is 25.7 Å². The number of fused-ring (bicyclic) bond motifs is 2. The molecule has 3 heterocycles. The fourth-order valence-electron chi connectivity index (χ4n) is 7.15. The summed E-state index contributed by atoms with van der Waals surface area (Å²) in [6, 6.07) is 0. The van der Waals surface area contributed by atoms with E-state index in [0.717, 1.165) is 37.7 Å². The Balaban J connectivity index is 1.67. The summed E-state index contributed by atoms with van der Waals surface area (Å²) in [7, 11) is 0. The molecule has 2 bridgehead atoms. The van der Waals surface area contributed by atoms with Crippen LogP contribution in [0.3, 0.4) is 0 Å². The van der Waals surface area contributed by atoms with Gasteiger partial charge in [0.25, 0.3) is 0 Å². The molecule has 0 aromatic carbocycles. The Morgan fingerprint density at radius 2 is 1.94 bits per heavy atom. The van der Waals surface area contributed by atoms with Gasteiger partial charge in [-0.1, -0.05) is 51.2 Å². The van der Waals surface area contributed by atoms with Crippen LogP contribution in [-0.2, 0) is 23.8 Å². The molecule has 1 saturated carbocycles.